The quantitative estimate of drug-likeness (QED) is 0.827. The van der Waals surface area contributed by atoms with Crippen molar-refractivity contribution in [2.45, 2.75) is 32.4 Å². The van der Waals surface area contributed by atoms with Crippen LogP contribution >= 0.6 is 0 Å². The summed E-state index contributed by atoms with van der Waals surface area (Å²) < 4.78 is 2.22. The Morgan fingerprint density at radius 2 is 2.50 bits per heavy atom. The Morgan fingerprint density at radius 3 is 3.31 bits per heavy atom. The van der Waals surface area contributed by atoms with Crippen LogP contribution in [0.5, 0.6) is 0 Å². The molecule has 0 aromatic carbocycles. The minimum Gasteiger partial charge on any atom is -0.312 e. The number of aryl methyl sites for hydroxylation is 1. The van der Waals surface area contributed by atoms with Gasteiger partial charge in [-0.15, -0.1) is 0 Å². The zero-order chi connectivity index (χ0) is 11.0. The van der Waals surface area contributed by atoms with E-state index in [1.807, 2.05) is 18.3 Å². The molecule has 4 heteroatoms. The molecule has 1 saturated heterocycles. The SMILES string of the molecule is Cc1nc2cccnc2n1CC1CCCN1. The Kier molecular flexibility index (Phi) is 2.36. The van der Waals surface area contributed by atoms with Crippen LogP contribution < -0.4 is 5.32 Å². The van der Waals surface area contributed by atoms with Crippen molar-refractivity contribution in [3.8, 4) is 0 Å². The molecule has 1 aliphatic rings. The standard InChI is InChI=1S/C12H16N4/c1-9-15-11-5-3-7-14-12(11)16(9)8-10-4-2-6-13-10/h3,5,7,10,13H,2,4,6,8H2,1H3. The highest BCUT2D eigenvalue weighted by Crippen LogP contribution is 2.15. The van der Waals surface area contributed by atoms with Gasteiger partial charge in [-0.1, -0.05) is 0 Å². The van der Waals surface area contributed by atoms with E-state index in [0.717, 1.165) is 30.1 Å². The lowest BCUT2D eigenvalue weighted by molar-refractivity contribution is 0.508. The van der Waals surface area contributed by atoms with Gasteiger partial charge in [0.25, 0.3) is 0 Å². The summed E-state index contributed by atoms with van der Waals surface area (Å²) in [6.45, 7) is 4.18. The van der Waals surface area contributed by atoms with Crippen molar-refractivity contribution in [1.29, 1.82) is 0 Å². The Morgan fingerprint density at radius 1 is 1.56 bits per heavy atom. The van der Waals surface area contributed by atoms with Gasteiger partial charge < -0.3 is 9.88 Å². The van der Waals surface area contributed by atoms with Gasteiger partial charge in [0.2, 0.25) is 0 Å². The lowest BCUT2D eigenvalue weighted by atomic mass is 10.2. The van der Waals surface area contributed by atoms with Crippen LogP contribution in [0.3, 0.4) is 0 Å². The van der Waals surface area contributed by atoms with Gasteiger partial charge in [-0.25, -0.2) is 9.97 Å². The van der Waals surface area contributed by atoms with E-state index in [-0.39, 0.29) is 0 Å². The molecule has 0 bridgehead atoms. The molecule has 2 aromatic heterocycles. The maximum Gasteiger partial charge on any atom is 0.160 e. The second-order valence-corrected chi connectivity index (χ2v) is 4.41. The zero-order valence-electron chi connectivity index (χ0n) is 9.48. The molecule has 1 N–H and O–H groups in total. The van der Waals surface area contributed by atoms with E-state index in [9.17, 15) is 0 Å². The third-order valence-electron chi connectivity index (χ3n) is 3.26. The molecule has 16 heavy (non-hydrogen) atoms. The zero-order valence-corrected chi connectivity index (χ0v) is 9.48. The Bertz CT molecular complexity index is 497. The van der Waals surface area contributed by atoms with Crippen molar-refractivity contribution in [2.75, 3.05) is 6.54 Å². The average Bonchev–Trinajstić information content (AvgIpc) is 2.89. The van der Waals surface area contributed by atoms with Crippen LogP contribution in [0.1, 0.15) is 18.7 Å². The molecule has 0 spiro atoms. The number of hydrogen-bond donors (Lipinski definition) is 1. The number of nitrogens with zero attached hydrogens (tertiary/aromatic N) is 3. The van der Waals surface area contributed by atoms with Gasteiger partial charge in [0.05, 0.1) is 0 Å². The van der Waals surface area contributed by atoms with E-state index >= 15 is 0 Å². The molecule has 1 unspecified atom stereocenters. The van der Waals surface area contributed by atoms with Crippen LogP contribution in [0.2, 0.25) is 0 Å². The molecule has 1 atom stereocenters. The molecule has 3 rings (SSSR count). The molecule has 84 valence electrons. The molecular formula is C12H16N4. The third-order valence-corrected chi connectivity index (χ3v) is 3.26. The first-order valence-corrected chi connectivity index (χ1v) is 5.86. The monoisotopic (exact) mass is 216 g/mol. The normalized spacial score (nSPS) is 20.7. The smallest absolute Gasteiger partial charge is 0.160 e. The van der Waals surface area contributed by atoms with Crippen LogP contribution in [-0.4, -0.2) is 27.1 Å². The summed E-state index contributed by atoms with van der Waals surface area (Å²) in [5.41, 5.74) is 2.01. The van der Waals surface area contributed by atoms with Crippen molar-refractivity contribution in [3.63, 3.8) is 0 Å². The molecule has 4 nitrogen and oxygen atoms in total. The highest BCUT2D eigenvalue weighted by molar-refractivity contribution is 5.71. The van der Waals surface area contributed by atoms with Gasteiger partial charge in [-0.05, 0) is 38.4 Å². The first-order chi connectivity index (χ1) is 7.84. The fourth-order valence-electron chi connectivity index (χ4n) is 2.42. The van der Waals surface area contributed by atoms with Gasteiger partial charge in [0, 0.05) is 18.8 Å². The summed E-state index contributed by atoms with van der Waals surface area (Å²) >= 11 is 0. The molecule has 0 saturated carbocycles. The van der Waals surface area contributed by atoms with Crippen molar-refractivity contribution >= 4 is 11.2 Å². The Balaban J connectivity index is 1.98. The van der Waals surface area contributed by atoms with E-state index in [2.05, 4.69) is 26.8 Å². The van der Waals surface area contributed by atoms with Crippen LogP contribution in [0.4, 0.5) is 0 Å². The van der Waals surface area contributed by atoms with Crippen molar-refractivity contribution < 1.29 is 0 Å². The van der Waals surface area contributed by atoms with Crippen LogP contribution in [0, 0.1) is 6.92 Å². The van der Waals surface area contributed by atoms with Gasteiger partial charge >= 0.3 is 0 Å². The largest absolute Gasteiger partial charge is 0.312 e. The number of nitrogens with one attached hydrogen (secondary N) is 1. The van der Waals surface area contributed by atoms with Crippen molar-refractivity contribution in [1.82, 2.24) is 19.9 Å². The van der Waals surface area contributed by atoms with Crippen molar-refractivity contribution in [2.24, 2.45) is 0 Å². The number of aromatic nitrogens is 3. The summed E-state index contributed by atoms with van der Waals surface area (Å²) in [6, 6.07) is 4.54. The van der Waals surface area contributed by atoms with Crippen LogP contribution in [-0.2, 0) is 6.54 Å². The van der Waals surface area contributed by atoms with E-state index in [4.69, 9.17) is 0 Å². The maximum atomic E-state index is 4.53. The molecule has 0 amide bonds. The average molecular weight is 216 g/mol. The number of hydrogen-bond acceptors (Lipinski definition) is 3. The second kappa shape index (κ2) is 3.87. The Labute approximate surface area is 94.7 Å². The van der Waals surface area contributed by atoms with E-state index in [1.165, 1.54) is 12.8 Å². The molecule has 0 radical (unpaired) electrons. The summed E-state index contributed by atoms with van der Waals surface area (Å²) in [6.07, 6.45) is 4.37. The Hall–Kier alpha value is -1.42. The maximum absolute atomic E-state index is 4.53. The van der Waals surface area contributed by atoms with E-state index in [1.54, 1.807) is 0 Å². The van der Waals surface area contributed by atoms with Crippen LogP contribution in [0.25, 0.3) is 11.2 Å². The van der Waals surface area contributed by atoms with E-state index in [0.29, 0.717) is 6.04 Å². The summed E-state index contributed by atoms with van der Waals surface area (Å²) in [7, 11) is 0. The molecule has 0 aliphatic carbocycles. The van der Waals surface area contributed by atoms with Crippen LogP contribution in [0.15, 0.2) is 18.3 Å². The predicted molar refractivity (Wildman–Crippen MR) is 63.3 cm³/mol. The van der Waals surface area contributed by atoms with E-state index < -0.39 is 0 Å². The summed E-state index contributed by atoms with van der Waals surface area (Å²) in [5, 5.41) is 3.51. The fourth-order valence-corrected chi connectivity index (χ4v) is 2.42. The molecular weight excluding hydrogens is 200 g/mol. The number of pyridine rings is 1. The number of imidazole rings is 1. The van der Waals surface area contributed by atoms with Crippen molar-refractivity contribution in [3.05, 3.63) is 24.2 Å². The third kappa shape index (κ3) is 1.59. The molecule has 1 fully saturated rings. The highest BCUT2D eigenvalue weighted by Gasteiger charge is 2.17. The lowest BCUT2D eigenvalue weighted by Gasteiger charge is -2.12. The van der Waals surface area contributed by atoms with Gasteiger partial charge in [0.15, 0.2) is 5.65 Å². The minimum atomic E-state index is 0.582. The molecule has 1 aliphatic heterocycles. The molecule has 3 heterocycles. The first kappa shape index (κ1) is 9.78. The first-order valence-electron chi connectivity index (χ1n) is 5.86. The number of rotatable bonds is 2. The summed E-state index contributed by atoms with van der Waals surface area (Å²) in [5.74, 6) is 1.06. The topological polar surface area (TPSA) is 42.7 Å². The molecule has 2 aromatic rings. The minimum absolute atomic E-state index is 0.582. The van der Waals surface area contributed by atoms with Gasteiger partial charge in [-0.2, -0.15) is 0 Å². The predicted octanol–water partition coefficient (Wildman–Crippen LogP) is 1.49. The number of fused-ring (bicyclic) bond motifs is 1. The second-order valence-electron chi connectivity index (χ2n) is 4.41. The highest BCUT2D eigenvalue weighted by atomic mass is 15.1. The summed E-state index contributed by atoms with van der Waals surface area (Å²) in [4.78, 5) is 8.94. The van der Waals surface area contributed by atoms with Gasteiger partial charge in [-0.3, -0.25) is 0 Å². The van der Waals surface area contributed by atoms with Gasteiger partial charge in [0.1, 0.15) is 11.3 Å². The lowest BCUT2D eigenvalue weighted by Crippen LogP contribution is -2.27. The fraction of sp³-hybridized carbons (Fsp3) is 0.500.